The molecule has 0 unspecified atom stereocenters. The SMILES string of the molecule is C=C(C)C(=O)CCCCN(Cc1ccccc1B(O)O)Cc1c2ccccc2c(CN(CCCNC(=O)C(=C)C)Cc2ccccc2B(O)O)c2ccc(-c3ccc(OC)c(C4=C5C=CC(=[N+](C)Cc6ccccc6)C=C5[Si](C)(C)c5cc(N(C)Cc6ccccc6)ccc54)c3)cc12. The summed E-state index contributed by atoms with van der Waals surface area (Å²) in [4.78, 5) is 32.8. The van der Waals surface area contributed by atoms with Crippen LogP contribution in [0.25, 0.3) is 38.2 Å². The number of hydrogen-bond donors (Lipinski definition) is 5. The Kier molecular flexibility index (Phi) is 22.5. The lowest BCUT2D eigenvalue weighted by Crippen LogP contribution is -2.49. The van der Waals surface area contributed by atoms with Crippen molar-refractivity contribution in [3.05, 3.63) is 286 Å². The quantitative estimate of drug-likeness (QED) is 0.0101. The number of carbonyl (C=O) groups excluding carboxylic acids is 2. The molecule has 15 heteroatoms. The first-order valence-corrected chi connectivity index (χ1v) is 37.0. The lowest BCUT2D eigenvalue weighted by atomic mass is 9.77. The van der Waals surface area contributed by atoms with Crippen molar-refractivity contribution in [2.45, 2.75) is 91.9 Å². The molecule has 2 aliphatic rings. The fraction of sp³-hybridized carbons (Fsp3) is 0.241. The number of fused-ring (bicyclic) bond motifs is 4. The maximum Gasteiger partial charge on any atom is 0.488 e. The third kappa shape index (κ3) is 16.0. The second-order valence-corrected chi connectivity index (χ2v) is 31.3. The summed E-state index contributed by atoms with van der Waals surface area (Å²) >= 11 is 0. The van der Waals surface area contributed by atoms with Crippen LogP contribution in [-0.2, 0) is 48.9 Å². The van der Waals surface area contributed by atoms with Gasteiger partial charge in [-0.1, -0.05) is 184 Å². The molecular weight excluding hydrogens is 1230 g/mol. The minimum absolute atomic E-state index is 0.0442. The average molecular weight is 1320 g/mol. The standard InChI is InChI=1S/C83H89B2N5O7Si/c1-57(2)78(91)35-22-23-45-89(53-63-29-16-20-33-76(63)84(93)94)56-75-68-32-19-18-31-67(68)74(55-90(46-24-44-86-83(92)58(3)4)54-64-30-17-21-34-77(64)85(95)96)69-40-36-61(47-72(69)75)62-37-43-79(97-7)73(48-62)82-70-41-38-65(87(5)51-59-25-12-10-13-26-59)49-80(70)98(8,9)81-50-66(39-42-71(81)82)88(6)52-60-27-14-11-15-28-60/h10-21,25-34,36-43,47-50,93-96H,1,3,22-24,35,44-46,51-56H2,2,4-9H3/p+1. The number of unbranched alkanes of at least 4 members (excludes halogenated alkanes) is 1. The molecule has 98 heavy (non-hydrogen) atoms. The monoisotopic (exact) mass is 1320 g/mol. The van der Waals surface area contributed by atoms with E-state index >= 15 is 0 Å². The Hall–Kier alpha value is -9.28. The van der Waals surface area contributed by atoms with Gasteiger partial charge in [-0.25, -0.2) is 4.58 Å². The molecule has 0 aromatic heterocycles. The molecular formula is C83H90B2N5O7Si+. The van der Waals surface area contributed by atoms with Gasteiger partial charge in [0.05, 0.1) is 7.11 Å². The number of hydrogen-bond acceptors (Lipinski definition) is 10. The first-order chi connectivity index (χ1) is 47.3. The van der Waals surface area contributed by atoms with Crippen LogP contribution in [0.4, 0.5) is 5.69 Å². The maximum absolute atomic E-state index is 12.9. The number of benzene rings is 9. The molecule has 1 amide bonds. The van der Waals surface area contributed by atoms with Crippen molar-refractivity contribution in [3.8, 4) is 16.9 Å². The largest absolute Gasteiger partial charge is 0.496 e. The number of nitrogens with zero attached hydrogens (tertiary/aromatic N) is 4. The van der Waals surface area contributed by atoms with E-state index in [1.54, 1.807) is 33.1 Å². The van der Waals surface area contributed by atoms with Gasteiger partial charge >= 0.3 is 14.2 Å². The highest BCUT2D eigenvalue weighted by molar-refractivity contribution is 6.98. The van der Waals surface area contributed by atoms with E-state index in [1.807, 2.05) is 36.4 Å². The number of nitrogens with one attached hydrogen (secondary N) is 1. The number of rotatable bonds is 29. The first-order valence-electron chi connectivity index (χ1n) is 34.0. The van der Waals surface area contributed by atoms with Crippen LogP contribution < -0.4 is 31.1 Å². The Labute approximate surface area is 579 Å². The zero-order valence-electron chi connectivity index (χ0n) is 57.7. The van der Waals surface area contributed by atoms with E-state index in [9.17, 15) is 29.7 Å². The van der Waals surface area contributed by atoms with Crippen LogP contribution in [0.2, 0.25) is 13.1 Å². The van der Waals surface area contributed by atoms with Gasteiger partial charge in [0, 0.05) is 93.8 Å². The van der Waals surface area contributed by atoms with Gasteiger partial charge in [0.2, 0.25) is 5.91 Å². The van der Waals surface area contributed by atoms with Crippen LogP contribution in [-0.4, -0.2) is 115 Å². The van der Waals surface area contributed by atoms with Crippen LogP contribution >= 0.6 is 0 Å². The lowest BCUT2D eigenvalue weighted by molar-refractivity contribution is -0.512. The van der Waals surface area contributed by atoms with E-state index in [0.29, 0.717) is 93.6 Å². The predicted molar refractivity (Wildman–Crippen MR) is 407 cm³/mol. The fourth-order valence-corrected chi connectivity index (χ4v) is 17.2. The van der Waals surface area contributed by atoms with Gasteiger partial charge in [0.25, 0.3) is 0 Å². The summed E-state index contributed by atoms with van der Waals surface area (Å²) in [5.74, 6) is 0.604. The molecule has 5 N–H and O–H groups in total. The molecule has 0 bridgehead atoms. The van der Waals surface area contributed by atoms with Crippen molar-refractivity contribution in [3.63, 3.8) is 0 Å². The van der Waals surface area contributed by atoms with Crippen molar-refractivity contribution in [2.24, 2.45) is 0 Å². The van der Waals surface area contributed by atoms with E-state index in [4.69, 9.17) is 4.74 Å². The number of carbonyl (C=O) groups is 2. The average Bonchev–Trinajstić information content (AvgIpc) is 0.729. The summed E-state index contributed by atoms with van der Waals surface area (Å²) in [6.07, 6.45) is 9.43. The van der Waals surface area contributed by atoms with Gasteiger partial charge in [-0.05, 0) is 180 Å². The highest BCUT2D eigenvalue weighted by Crippen LogP contribution is 2.46. The van der Waals surface area contributed by atoms with Gasteiger partial charge in [0.1, 0.15) is 20.9 Å². The smallest absolute Gasteiger partial charge is 0.488 e. The van der Waals surface area contributed by atoms with Crippen molar-refractivity contribution < 1.29 is 39.0 Å². The van der Waals surface area contributed by atoms with E-state index in [-0.39, 0.29) is 11.7 Å². The van der Waals surface area contributed by atoms with E-state index in [1.165, 1.54) is 32.6 Å². The molecule has 12 nitrogen and oxygen atoms in total. The van der Waals surface area contributed by atoms with Crippen LogP contribution in [0.1, 0.15) is 84.0 Å². The third-order valence-electron chi connectivity index (χ3n) is 19.5. The highest BCUT2D eigenvalue weighted by atomic mass is 28.3. The fourth-order valence-electron chi connectivity index (χ4n) is 14.2. The van der Waals surface area contributed by atoms with Gasteiger partial charge < -0.3 is 35.0 Å². The van der Waals surface area contributed by atoms with Crippen LogP contribution in [0.3, 0.4) is 0 Å². The van der Waals surface area contributed by atoms with E-state index in [2.05, 4.69) is 223 Å². The highest BCUT2D eigenvalue weighted by Gasteiger charge is 2.41. The van der Waals surface area contributed by atoms with Crippen molar-refractivity contribution in [1.29, 1.82) is 0 Å². The number of ether oxygens (including phenoxy) is 1. The van der Waals surface area contributed by atoms with Gasteiger partial charge in [-0.3, -0.25) is 19.4 Å². The lowest BCUT2D eigenvalue weighted by Gasteiger charge is -2.38. The molecule has 1 aliphatic carbocycles. The summed E-state index contributed by atoms with van der Waals surface area (Å²) in [6, 6.07) is 65.2. The summed E-state index contributed by atoms with van der Waals surface area (Å²) in [5, 5.41) is 52.8. The van der Waals surface area contributed by atoms with Crippen LogP contribution in [0.15, 0.2) is 241 Å². The van der Waals surface area contributed by atoms with Crippen LogP contribution in [0, 0.1) is 0 Å². The van der Waals surface area contributed by atoms with Crippen molar-refractivity contribution in [2.75, 3.05) is 45.7 Å². The summed E-state index contributed by atoms with van der Waals surface area (Å²) in [5.41, 5.74) is 16.9. The predicted octanol–water partition coefficient (Wildman–Crippen LogP) is 12.1. The van der Waals surface area contributed by atoms with Crippen molar-refractivity contribution in [1.82, 2.24) is 15.1 Å². The number of methoxy groups -OCH3 is 1. The minimum Gasteiger partial charge on any atom is -0.496 e. The molecule has 498 valence electrons. The molecule has 1 aliphatic heterocycles. The topological polar surface area (TPSA) is 149 Å². The zero-order chi connectivity index (χ0) is 69.2. The summed E-state index contributed by atoms with van der Waals surface area (Å²) in [6.45, 7) is 21.1. The number of allylic oxidation sites excluding steroid dienone is 6. The Bertz CT molecular complexity index is 4600. The maximum atomic E-state index is 12.9. The molecule has 0 radical (unpaired) electrons. The Morgan fingerprint density at radius 2 is 1.14 bits per heavy atom. The Morgan fingerprint density at radius 1 is 0.582 bits per heavy atom. The molecule has 0 saturated heterocycles. The van der Waals surface area contributed by atoms with E-state index in [0.717, 1.165) is 96.3 Å². The number of Topliss-reactive ketones (excluding diaryl/α,β-unsaturated/α-hetero) is 1. The normalized spacial score (nSPS) is 13.7. The molecule has 0 atom stereocenters. The summed E-state index contributed by atoms with van der Waals surface area (Å²) in [7, 11) is 0.321. The molecule has 0 saturated carbocycles. The molecule has 1 heterocycles. The second-order valence-electron chi connectivity index (χ2n) is 26.9. The number of amides is 1. The third-order valence-corrected chi connectivity index (χ3v) is 23.0. The molecule has 0 spiro atoms. The molecule has 9 aromatic rings. The number of ketones is 1. The molecule has 9 aromatic carbocycles. The number of anilines is 1. The van der Waals surface area contributed by atoms with Gasteiger partial charge in [-0.15, -0.1) is 0 Å². The molecule has 11 rings (SSSR count). The zero-order valence-corrected chi connectivity index (χ0v) is 58.7. The van der Waals surface area contributed by atoms with Gasteiger partial charge in [0.15, 0.2) is 18.0 Å². The summed E-state index contributed by atoms with van der Waals surface area (Å²) < 4.78 is 8.82. The first kappa shape index (κ1) is 70.0. The van der Waals surface area contributed by atoms with Crippen molar-refractivity contribution >= 4 is 88.6 Å². The Balaban J connectivity index is 1.10. The second kappa shape index (κ2) is 31.5. The van der Waals surface area contributed by atoms with E-state index < -0.39 is 22.3 Å². The minimum atomic E-state index is -2.45. The molecule has 0 fully saturated rings. The van der Waals surface area contributed by atoms with Gasteiger partial charge in [-0.2, -0.15) is 0 Å². The van der Waals surface area contributed by atoms with Crippen LogP contribution in [0.5, 0.6) is 5.75 Å². The Morgan fingerprint density at radius 3 is 1.76 bits per heavy atom.